The molecule has 1 N–H and O–H groups in total. The maximum Gasteiger partial charge on any atom is 0.183 e. The first-order chi connectivity index (χ1) is 5.74. The Balaban J connectivity index is 4.11. The number of nitrogens with zero attached hydrogens (tertiary/aromatic N) is 2. The van der Waals surface area contributed by atoms with Crippen LogP contribution in [0.2, 0.25) is 0 Å². The van der Waals surface area contributed by atoms with Gasteiger partial charge in [-0.15, -0.1) is 12.3 Å². The van der Waals surface area contributed by atoms with E-state index in [1.165, 1.54) is 11.8 Å². The average molecular weight is 181 g/mol. The highest BCUT2D eigenvalue weighted by molar-refractivity contribution is 8.13. The van der Waals surface area contributed by atoms with Gasteiger partial charge < -0.3 is 0 Å². The Kier molecular flexibility index (Phi) is 5.95. The highest BCUT2D eigenvalue weighted by atomic mass is 32.2. The molecule has 0 bridgehead atoms. The Hall–Kier alpha value is -1.13. The highest BCUT2D eigenvalue weighted by Crippen LogP contribution is 2.01. The number of hydrogen-bond donors (Lipinski definition) is 1. The van der Waals surface area contributed by atoms with Crippen LogP contribution in [0, 0.1) is 23.8 Å². The van der Waals surface area contributed by atoms with Gasteiger partial charge in [0.2, 0.25) is 0 Å². The van der Waals surface area contributed by atoms with E-state index in [2.05, 4.69) is 16.2 Å². The van der Waals surface area contributed by atoms with Crippen LogP contribution in [0.5, 0.6) is 0 Å². The van der Waals surface area contributed by atoms with Crippen LogP contribution >= 0.6 is 11.8 Å². The van der Waals surface area contributed by atoms with Gasteiger partial charge in [0.05, 0.1) is 6.04 Å². The van der Waals surface area contributed by atoms with Crippen LogP contribution in [0.25, 0.3) is 0 Å². The zero-order valence-corrected chi connectivity index (χ0v) is 7.98. The van der Waals surface area contributed by atoms with Crippen molar-refractivity contribution < 1.29 is 0 Å². The highest BCUT2D eigenvalue weighted by Gasteiger charge is 1.99. The first-order valence-electron chi connectivity index (χ1n) is 3.45. The quantitative estimate of drug-likeness (QED) is 0.229. The summed E-state index contributed by atoms with van der Waals surface area (Å²) in [6.07, 6.45) is 9.37. The molecule has 0 aliphatic carbocycles. The van der Waals surface area contributed by atoms with E-state index in [-0.39, 0.29) is 6.04 Å². The van der Waals surface area contributed by atoms with Gasteiger partial charge in [-0.3, -0.25) is 10.3 Å². The van der Waals surface area contributed by atoms with Crippen molar-refractivity contribution in [3.63, 3.8) is 0 Å². The molecule has 0 rings (SSSR count). The van der Waals surface area contributed by atoms with E-state index in [0.717, 1.165) is 0 Å². The molecule has 0 saturated carbocycles. The van der Waals surface area contributed by atoms with E-state index < -0.39 is 0 Å². The number of aliphatic imine (C=N–C) groups is 1. The van der Waals surface area contributed by atoms with Crippen LogP contribution in [0.15, 0.2) is 4.99 Å². The topological polar surface area (TPSA) is 48.2 Å². The molecule has 0 spiro atoms. The van der Waals surface area contributed by atoms with E-state index in [9.17, 15) is 0 Å². The number of thioether (sulfide) groups is 1. The van der Waals surface area contributed by atoms with Crippen LogP contribution < -0.4 is 5.32 Å². The fraction of sp³-hybridized carbons (Fsp3) is 0.500. The molecule has 0 aromatic heterocycles. The molecule has 0 heterocycles. The second-order valence-electron chi connectivity index (χ2n) is 2.13. The molecule has 0 aromatic rings. The lowest BCUT2D eigenvalue weighted by atomic mass is 10.3. The van der Waals surface area contributed by atoms with Crippen molar-refractivity contribution in [2.45, 2.75) is 19.4 Å². The summed E-state index contributed by atoms with van der Waals surface area (Å²) in [6.45, 7) is 1.91. The third-order valence-electron chi connectivity index (χ3n) is 1.11. The summed E-state index contributed by atoms with van der Waals surface area (Å²) in [5.74, 6) is 2.51. The van der Waals surface area contributed by atoms with Crippen molar-refractivity contribution in [2.24, 2.45) is 4.99 Å². The molecular formula is C8H11N3S. The SMILES string of the molecule is C#CCC(C)N=C(NC#N)SC. The monoisotopic (exact) mass is 181 g/mol. The Morgan fingerprint density at radius 2 is 2.50 bits per heavy atom. The number of hydrogen-bond acceptors (Lipinski definition) is 3. The zero-order valence-electron chi connectivity index (χ0n) is 7.16. The lowest BCUT2D eigenvalue weighted by Crippen LogP contribution is -2.15. The minimum atomic E-state index is 0.0679. The van der Waals surface area contributed by atoms with E-state index in [1.54, 1.807) is 0 Å². The van der Waals surface area contributed by atoms with Crippen molar-refractivity contribution >= 4 is 16.9 Å². The molecule has 1 unspecified atom stereocenters. The Labute approximate surface area is 77.3 Å². The van der Waals surface area contributed by atoms with Crippen molar-refractivity contribution in [3.8, 4) is 18.5 Å². The first-order valence-corrected chi connectivity index (χ1v) is 4.67. The zero-order chi connectivity index (χ0) is 9.40. The Morgan fingerprint density at radius 1 is 1.83 bits per heavy atom. The summed E-state index contributed by atoms with van der Waals surface area (Å²) < 4.78 is 0. The third kappa shape index (κ3) is 4.65. The molecule has 3 nitrogen and oxygen atoms in total. The van der Waals surface area contributed by atoms with Gasteiger partial charge in [-0.1, -0.05) is 11.8 Å². The normalized spacial score (nSPS) is 12.8. The number of terminal acetylenes is 1. The second kappa shape index (κ2) is 6.57. The van der Waals surface area contributed by atoms with Gasteiger partial charge in [-0.05, 0) is 13.2 Å². The second-order valence-corrected chi connectivity index (χ2v) is 2.93. The van der Waals surface area contributed by atoms with E-state index >= 15 is 0 Å². The van der Waals surface area contributed by atoms with Crippen LogP contribution in [-0.2, 0) is 0 Å². The number of nitrogens with one attached hydrogen (secondary N) is 1. The number of rotatable bonds is 2. The van der Waals surface area contributed by atoms with Gasteiger partial charge in [0, 0.05) is 6.42 Å². The molecule has 64 valence electrons. The average Bonchev–Trinajstić information content (AvgIpc) is 2.04. The van der Waals surface area contributed by atoms with Gasteiger partial charge in [0.15, 0.2) is 11.4 Å². The molecule has 0 fully saturated rings. The minimum Gasteiger partial charge on any atom is -0.272 e. The van der Waals surface area contributed by atoms with Crippen LogP contribution in [0.1, 0.15) is 13.3 Å². The largest absolute Gasteiger partial charge is 0.272 e. The first kappa shape index (κ1) is 10.9. The van der Waals surface area contributed by atoms with E-state index in [4.69, 9.17) is 11.7 Å². The Morgan fingerprint density at radius 3 is 2.92 bits per heavy atom. The maximum absolute atomic E-state index is 8.31. The van der Waals surface area contributed by atoms with Crippen molar-refractivity contribution in [3.05, 3.63) is 0 Å². The molecule has 0 radical (unpaired) electrons. The summed E-state index contributed by atoms with van der Waals surface area (Å²) in [7, 11) is 0. The van der Waals surface area contributed by atoms with Gasteiger partial charge >= 0.3 is 0 Å². The molecule has 0 saturated heterocycles. The lowest BCUT2D eigenvalue weighted by Gasteiger charge is -2.03. The smallest absolute Gasteiger partial charge is 0.183 e. The standard InChI is InChI=1S/C8H11N3S/c1-4-5-7(2)11-8(12-3)10-6-9/h1,7H,5H2,2-3H3,(H,10,11). The minimum absolute atomic E-state index is 0.0679. The molecule has 0 aliphatic heterocycles. The van der Waals surface area contributed by atoms with Crippen molar-refractivity contribution in [1.82, 2.24) is 5.32 Å². The van der Waals surface area contributed by atoms with E-state index in [1.807, 2.05) is 19.4 Å². The van der Waals surface area contributed by atoms with Crippen LogP contribution in [-0.4, -0.2) is 17.5 Å². The van der Waals surface area contributed by atoms with E-state index in [0.29, 0.717) is 11.6 Å². The summed E-state index contributed by atoms with van der Waals surface area (Å²) in [5, 5.41) is 11.4. The molecular weight excluding hydrogens is 170 g/mol. The lowest BCUT2D eigenvalue weighted by molar-refractivity contribution is 0.772. The van der Waals surface area contributed by atoms with Gasteiger partial charge in [0.25, 0.3) is 0 Å². The van der Waals surface area contributed by atoms with Gasteiger partial charge in [0.1, 0.15) is 0 Å². The predicted octanol–water partition coefficient (Wildman–Crippen LogP) is 1.19. The number of nitriles is 1. The number of amidine groups is 1. The van der Waals surface area contributed by atoms with Crippen LogP contribution in [0.4, 0.5) is 0 Å². The fourth-order valence-corrected chi connectivity index (χ4v) is 1.03. The summed E-state index contributed by atoms with van der Waals surface area (Å²) in [4.78, 5) is 4.18. The molecule has 0 aromatic carbocycles. The van der Waals surface area contributed by atoms with Gasteiger partial charge in [-0.2, -0.15) is 5.26 Å². The maximum atomic E-state index is 8.31. The summed E-state index contributed by atoms with van der Waals surface area (Å²) in [6, 6.07) is 0.0679. The van der Waals surface area contributed by atoms with Crippen molar-refractivity contribution in [2.75, 3.05) is 6.26 Å². The van der Waals surface area contributed by atoms with Gasteiger partial charge in [-0.25, -0.2) is 0 Å². The summed E-state index contributed by atoms with van der Waals surface area (Å²) in [5.41, 5.74) is 0. The third-order valence-corrected chi connectivity index (χ3v) is 1.70. The Bertz CT molecular complexity index is 234. The summed E-state index contributed by atoms with van der Waals surface area (Å²) >= 11 is 1.40. The molecule has 1 atom stereocenters. The molecule has 4 heteroatoms. The van der Waals surface area contributed by atoms with Crippen LogP contribution in [0.3, 0.4) is 0 Å². The van der Waals surface area contributed by atoms with Crippen molar-refractivity contribution in [1.29, 1.82) is 5.26 Å². The predicted molar refractivity (Wildman–Crippen MR) is 52.6 cm³/mol. The molecule has 0 aliphatic rings. The molecule has 0 amide bonds. The molecule has 12 heavy (non-hydrogen) atoms. The fourth-order valence-electron chi connectivity index (χ4n) is 0.600.